The lowest BCUT2D eigenvalue weighted by atomic mass is 10.1. The molecule has 4 heteroatoms. The summed E-state index contributed by atoms with van der Waals surface area (Å²) < 4.78 is 5.24. The maximum Gasteiger partial charge on any atom is 0.142 e. The van der Waals surface area contributed by atoms with Crippen LogP contribution in [-0.4, -0.2) is 50.1 Å². The molecule has 94 valence electrons. The van der Waals surface area contributed by atoms with Crippen LogP contribution in [0.1, 0.15) is 5.56 Å². The molecule has 0 unspecified atom stereocenters. The van der Waals surface area contributed by atoms with Crippen molar-refractivity contribution in [3.8, 4) is 5.75 Å². The molecule has 4 nitrogen and oxygen atoms in total. The van der Waals surface area contributed by atoms with Gasteiger partial charge in [0, 0.05) is 32.7 Å². The Balaban J connectivity index is 2.03. The minimum absolute atomic E-state index is 0.772. The number of hydrogen-bond acceptors (Lipinski definition) is 4. The number of nitrogens with zero attached hydrogens (tertiary/aromatic N) is 2. The predicted molar refractivity (Wildman–Crippen MR) is 70.2 cm³/mol. The molecule has 1 fully saturated rings. The minimum atomic E-state index is 0.772. The Morgan fingerprint density at radius 2 is 1.94 bits per heavy atom. The molecule has 0 aromatic heterocycles. The van der Waals surface area contributed by atoms with Crippen molar-refractivity contribution in [2.75, 3.05) is 46.1 Å². The molecule has 0 radical (unpaired) electrons. The fraction of sp³-hybridized carbons (Fsp3) is 0.538. The fourth-order valence-electron chi connectivity index (χ4n) is 2.15. The van der Waals surface area contributed by atoms with Gasteiger partial charge in [-0.3, -0.25) is 4.90 Å². The summed E-state index contributed by atoms with van der Waals surface area (Å²) in [6.07, 6.45) is 0. The lowest BCUT2D eigenvalue weighted by Crippen LogP contribution is -2.43. The van der Waals surface area contributed by atoms with E-state index in [-0.39, 0.29) is 0 Å². The van der Waals surface area contributed by atoms with Gasteiger partial charge < -0.3 is 15.4 Å². The highest BCUT2D eigenvalue weighted by atomic mass is 16.5. The third-order valence-electron chi connectivity index (χ3n) is 3.37. The van der Waals surface area contributed by atoms with E-state index >= 15 is 0 Å². The molecule has 1 aromatic carbocycles. The highest BCUT2D eigenvalue weighted by Crippen LogP contribution is 2.25. The topological polar surface area (TPSA) is 41.7 Å². The average molecular weight is 235 g/mol. The van der Waals surface area contributed by atoms with Gasteiger partial charge in [-0.15, -0.1) is 0 Å². The predicted octanol–water partition coefficient (Wildman–Crippen LogP) is 1.02. The highest BCUT2D eigenvalue weighted by Gasteiger charge is 2.15. The number of methoxy groups -OCH3 is 1. The number of nitrogens with two attached hydrogens (primary N) is 1. The molecule has 1 aliphatic rings. The first-order valence-electron chi connectivity index (χ1n) is 6.03. The van der Waals surface area contributed by atoms with Gasteiger partial charge in [0.2, 0.25) is 0 Å². The molecule has 1 saturated heterocycles. The molecule has 2 N–H and O–H groups in total. The summed E-state index contributed by atoms with van der Waals surface area (Å²) in [5, 5.41) is 0. The van der Waals surface area contributed by atoms with Gasteiger partial charge in [-0.25, -0.2) is 0 Å². The lowest BCUT2D eigenvalue weighted by molar-refractivity contribution is 0.148. The standard InChI is InChI=1S/C13H21N3O/c1-15-6-8-16(9-7-15)10-11-4-3-5-12(17-2)13(11)14/h3-5H,6-10,14H2,1-2H3. The summed E-state index contributed by atoms with van der Waals surface area (Å²) in [7, 11) is 3.82. The molecular formula is C13H21N3O. The molecule has 1 aromatic rings. The molecule has 1 aliphatic heterocycles. The number of rotatable bonds is 3. The first kappa shape index (κ1) is 12.2. The SMILES string of the molecule is COc1cccc(CN2CCN(C)CC2)c1N. The van der Waals surface area contributed by atoms with E-state index in [1.807, 2.05) is 12.1 Å². The van der Waals surface area contributed by atoms with E-state index in [0.29, 0.717) is 0 Å². The number of para-hydroxylation sites is 1. The van der Waals surface area contributed by atoms with Gasteiger partial charge in [0.15, 0.2) is 0 Å². The first-order chi connectivity index (χ1) is 8.20. The van der Waals surface area contributed by atoms with Crippen LogP contribution in [0.5, 0.6) is 5.75 Å². The van der Waals surface area contributed by atoms with Crippen LogP contribution in [0.4, 0.5) is 5.69 Å². The summed E-state index contributed by atoms with van der Waals surface area (Å²) in [6.45, 7) is 5.38. The van der Waals surface area contributed by atoms with Crippen LogP contribution in [0.2, 0.25) is 0 Å². The van der Waals surface area contributed by atoms with Crippen molar-refractivity contribution >= 4 is 5.69 Å². The zero-order valence-corrected chi connectivity index (χ0v) is 10.6. The zero-order chi connectivity index (χ0) is 12.3. The van der Waals surface area contributed by atoms with Crippen LogP contribution in [-0.2, 0) is 6.54 Å². The molecule has 17 heavy (non-hydrogen) atoms. The Morgan fingerprint density at radius 1 is 1.24 bits per heavy atom. The maximum absolute atomic E-state index is 6.08. The van der Waals surface area contributed by atoms with Gasteiger partial charge in [-0.2, -0.15) is 0 Å². The van der Waals surface area contributed by atoms with Crippen LogP contribution in [0.3, 0.4) is 0 Å². The molecule has 1 heterocycles. The van der Waals surface area contributed by atoms with Crippen LogP contribution >= 0.6 is 0 Å². The number of ether oxygens (including phenoxy) is 1. The first-order valence-corrected chi connectivity index (χ1v) is 6.03. The molecule has 0 saturated carbocycles. The Labute approximate surface area is 103 Å². The third kappa shape index (κ3) is 2.90. The minimum Gasteiger partial charge on any atom is -0.495 e. The second kappa shape index (κ2) is 5.38. The highest BCUT2D eigenvalue weighted by molar-refractivity contribution is 5.58. The number of benzene rings is 1. The van der Waals surface area contributed by atoms with E-state index < -0.39 is 0 Å². The number of nitrogen functional groups attached to an aromatic ring is 1. The molecule has 0 aliphatic carbocycles. The van der Waals surface area contributed by atoms with E-state index in [9.17, 15) is 0 Å². The van der Waals surface area contributed by atoms with E-state index in [4.69, 9.17) is 10.5 Å². The second-order valence-electron chi connectivity index (χ2n) is 4.61. The summed E-state index contributed by atoms with van der Waals surface area (Å²) in [5.74, 6) is 0.775. The Kier molecular flexibility index (Phi) is 3.86. The van der Waals surface area contributed by atoms with Crippen molar-refractivity contribution in [2.45, 2.75) is 6.54 Å². The molecule has 0 atom stereocenters. The van der Waals surface area contributed by atoms with Crippen molar-refractivity contribution in [2.24, 2.45) is 0 Å². The molecule has 0 bridgehead atoms. The van der Waals surface area contributed by atoms with Gasteiger partial charge in [0.05, 0.1) is 12.8 Å². The summed E-state index contributed by atoms with van der Waals surface area (Å²) in [6, 6.07) is 5.99. The van der Waals surface area contributed by atoms with E-state index in [1.54, 1.807) is 7.11 Å². The molecule has 0 amide bonds. The summed E-state index contributed by atoms with van der Waals surface area (Å²) in [5.41, 5.74) is 8.01. The molecule has 0 spiro atoms. The van der Waals surface area contributed by atoms with Crippen LogP contribution in [0.25, 0.3) is 0 Å². The monoisotopic (exact) mass is 235 g/mol. The summed E-state index contributed by atoms with van der Waals surface area (Å²) >= 11 is 0. The molecular weight excluding hydrogens is 214 g/mol. The zero-order valence-electron chi connectivity index (χ0n) is 10.6. The Morgan fingerprint density at radius 3 is 2.59 bits per heavy atom. The van der Waals surface area contributed by atoms with E-state index in [1.165, 1.54) is 0 Å². The Bertz CT molecular complexity index is 373. The van der Waals surface area contributed by atoms with Crippen LogP contribution in [0.15, 0.2) is 18.2 Å². The van der Waals surface area contributed by atoms with Crippen molar-refractivity contribution in [3.63, 3.8) is 0 Å². The quantitative estimate of drug-likeness (QED) is 0.794. The molecule has 2 rings (SSSR count). The Hall–Kier alpha value is -1.26. The van der Waals surface area contributed by atoms with Crippen molar-refractivity contribution in [3.05, 3.63) is 23.8 Å². The van der Waals surface area contributed by atoms with Crippen molar-refractivity contribution in [1.29, 1.82) is 0 Å². The van der Waals surface area contributed by atoms with Crippen LogP contribution in [0, 0.1) is 0 Å². The number of anilines is 1. The largest absolute Gasteiger partial charge is 0.495 e. The van der Waals surface area contributed by atoms with Gasteiger partial charge in [0.25, 0.3) is 0 Å². The maximum atomic E-state index is 6.08. The van der Waals surface area contributed by atoms with Gasteiger partial charge in [0.1, 0.15) is 5.75 Å². The number of piperazine rings is 1. The summed E-state index contributed by atoms with van der Waals surface area (Å²) in [4.78, 5) is 4.79. The van der Waals surface area contributed by atoms with Gasteiger partial charge >= 0.3 is 0 Å². The lowest BCUT2D eigenvalue weighted by Gasteiger charge is -2.32. The third-order valence-corrected chi connectivity index (χ3v) is 3.37. The smallest absolute Gasteiger partial charge is 0.142 e. The number of hydrogen-bond donors (Lipinski definition) is 1. The van der Waals surface area contributed by atoms with Gasteiger partial charge in [-0.1, -0.05) is 12.1 Å². The van der Waals surface area contributed by atoms with Crippen molar-refractivity contribution < 1.29 is 4.74 Å². The van der Waals surface area contributed by atoms with E-state index in [0.717, 1.165) is 49.7 Å². The van der Waals surface area contributed by atoms with E-state index in [2.05, 4.69) is 22.9 Å². The van der Waals surface area contributed by atoms with Gasteiger partial charge in [-0.05, 0) is 18.7 Å². The average Bonchev–Trinajstić information content (AvgIpc) is 2.35. The van der Waals surface area contributed by atoms with Crippen LogP contribution < -0.4 is 10.5 Å². The van der Waals surface area contributed by atoms with Crippen molar-refractivity contribution in [1.82, 2.24) is 9.80 Å². The fourth-order valence-corrected chi connectivity index (χ4v) is 2.15. The number of likely N-dealkylation sites (N-methyl/N-ethyl adjacent to an activating group) is 1. The normalized spacial score (nSPS) is 18.2. The second-order valence-corrected chi connectivity index (χ2v) is 4.61.